The maximum Gasteiger partial charge on any atom is 0.357 e. The zero-order chi connectivity index (χ0) is 13.1. The van der Waals surface area contributed by atoms with E-state index in [-0.39, 0.29) is 12.1 Å². The van der Waals surface area contributed by atoms with Crippen LogP contribution in [0.25, 0.3) is 0 Å². The highest BCUT2D eigenvalue weighted by Gasteiger charge is 2.27. The molecular weight excluding hydrogens is 228 g/mol. The van der Waals surface area contributed by atoms with Gasteiger partial charge in [-0.2, -0.15) is 0 Å². The van der Waals surface area contributed by atoms with Gasteiger partial charge in [0.25, 0.3) is 0 Å². The van der Waals surface area contributed by atoms with Crippen molar-refractivity contribution in [1.82, 2.24) is 4.98 Å². The van der Waals surface area contributed by atoms with E-state index in [0.717, 1.165) is 25.2 Å². The Kier molecular flexibility index (Phi) is 3.84. The minimum Gasteiger partial charge on any atom is -0.458 e. The Labute approximate surface area is 108 Å². The maximum atomic E-state index is 11.9. The molecule has 0 aliphatic heterocycles. The SMILES string of the molecule is CC1CCC(OC(=O)c2ccc(N)cn2)CC1C. The molecule has 0 aromatic carbocycles. The van der Waals surface area contributed by atoms with Crippen LogP contribution < -0.4 is 5.73 Å². The predicted molar refractivity (Wildman–Crippen MR) is 70.0 cm³/mol. The molecule has 18 heavy (non-hydrogen) atoms. The quantitative estimate of drug-likeness (QED) is 0.817. The van der Waals surface area contributed by atoms with E-state index in [1.165, 1.54) is 6.20 Å². The standard InChI is InChI=1S/C14H20N2O2/c1-9-3-5-12(7-10(9)2)18-14(17)13-6-4-11(15)8-16-13/h4,6,8-10,12H,3,5,7,15H2,1-2H3. The van der Waals surface area contributed by atoms with Gasteiger partial charge in [-0.25, -0.2) is 9.78 Å². The molecule has 4 heteroatoms. The van der Waals surface area contributed by atoms with Gasteiger partial charge < -0.3 is 10.5 Å². The van der Waals surface area contributed by atoms with Crippen LogP contribution in [0.5, 0.6) is 0 Å². The molecule has 4 nitrogen and oxygen atoms in total. The maximum absolute atomic E-state index is 11.9. The van der Waals surface area contributed by atoms with Crippen LogP contribution in [0.3, 0.4) is 0 Å². The first-order chi connectivity index (χ1) is 8.56. The summed E-state index contributed by atoms with van der Waals surface area (Å²) in [7, 11) is 0. The molecule has 2 N–H and O–H groups in total. The Morgan fingerprint density at radius 1 is 1.33 bits per heavy atom. The number of hydrogen-bond acceptors (Lipinski definition) is 4. The first-order valence-electron chi connectivity index (χ1n) is 6.48. The summed E-state index contributed by atoms with van der Waals surface area (Å²) < 4.78 is 5.49. The molecule has 1 fully saturated rings. The Bertz CT molecular complexity index is 416. The third-order valence-electron chi connectivity index (χ3n) is 3.82. The van der Waals surface area contributed by atoms with Crippen molar-refractivity contribution < 1.29 is 9.53 Å². The van der Waals surface area contributed by atoms with E-state index in [4.69, 9.17) is 10.5 Å². The second-order valence-electron chi connectivity index (χ2n) is 5.27. The van der Waals surface area contributed by atoms with Gasteiger partial charge in [0.2, 0.25) is 0 Å². The van der Waals surface area contributed by atoms with E-state index in [1.807, 2.05) is 0 Å². The molecule has 1 aliphatic carbocycles. The van der Waals surface area contributed by atoms with Crippen molar-refractivity contribution in [3.63, 3.8) is 0 Å². The monoisotopic (exact) mass is 248 g/mol. The minimum atomic E-state index is -0.346. The summed E-state index contributed by atoms with van der Waals surface area (Å²) >= 11 is 0. The number of pyridine rings is 1. The fraction of sp³-hybridized carbons (Fsp3) is 0.571. The molecule has 3 atom stereocenters. The van der Waals surface area contributed by atoms with Gasteiger partial charge in [-0.15, -0.1) is 0 Å². The highest BCUT2D eigenvalue weighted by molar-refractivity contribution is 5.87. The molecule has 1 aromatic heterocycles. The lowest BCUT2D eigenvalue weighted by Gasteiger charge is -2.31. The molecule has 0 bridgehead atoms. The van der Waals surface area contributed by atoms with Crippen molar-refractivity contribution in [3.8, 4) is 0 Å². The lowest BCUT2D eigenvalue weighted by molar-refractivity contribution is 0.00819. The van der Waals surface area contributed by atoms with Crippen molar-refractivity contribution >= 4 is 11.7 Å². The van der Waals surface area contributed by atoms with Crippen molar-refractivity contribution in [2.24, 2.45) is 11.8 Å². The molecule has 3 unspecified atom stereocenters. The van der Waals surface area contributed by atoms with Crippen molar-refractivity contribution in [2.45, 2.75) is 39.2 Å². The van der Waals surface area contributed by atoms with E-state index in [0.29, 0.717) is 17.3 Å². The van der Waals surface area contributed by atoms with Crippen LogP contribution >= 0.6 is 0 Å². The number of carbonyl (C=O) groups is 1. The van der Waals surface area contributed by atoms with Crippen molar-refractivity contribution in [3.05, 3.63) is 24.0 Å². The molecule has 1 heterocycles. The first kappa shape index (κ1) is 12.9. The molecule has 0 spiro atoms. The highest BCUT2D eigenvalue weighted by atomic mass is 16.5. The number of carbonyl (C=O) groups excluding carboxylic acids is 1. The molecule has 1 aromatic rings. The number of ether oxygens (including phenoxy) is 1. The zero-order valence-corrected chi connectivity index (χ0v) is 10.9. The second-order valence-corrected chi connectivity index (χ2v) is 5.27. The molecule has 1 saturated carbocycles. The summed E-state index contributed by atoms with van der Waals surface area (Å²) in [5.74, 6) is 0.979. The van der Waals surface area contributed by atoms with Gasteiger partial charge in [0.1, 0.15) is 11.8 Å². The van der Waals surface area contributed by atoms with Crippen LogP contribution in [0.1, 0.15) is 43.6 Å². The number of hydrogen-bond donors (Lipinski definition) is 1. The molecule has 0 radical (unpaired) electrons. The summed E-state index contributed by atoms with van der Waals surface area (Å²) in [5, 5.41) is 0. The lowest BCUT2D eigenvalue weighted by atomic mass is 9.80. The number of nitrogens with zero attached hydrogens (tertiary/aromatic N) is 1. The van der Waals surface area contributed by atoms with E-state index in [1.54, 1.807) is 12.1 Å². The number of esters is 1. The Morgan fingerprint density at radius 3 is 2.72 bits per heavy atom. The van der Waals surface area contributed by atoms with Crippen LogP contribution in [0.4, 0.5) is 5.69 Å². The third kappa shape index (κ3) is 3.00. The highest BCUT2D eigenvalue weighted by Crippen LogP contribution is 2.31. The summed E-state index contributed by atoms with van der Waals surface area (Å²) in [6.07, 6.45) is 4.52. The number of anilines is 1. The Morgan fingerprint density at radius 2 is 2.11 bits per heavy atom. The minimum absolute atomic E-state index is 0.0306. The Balaban J connectivity index is 1.93. The van der Waals surface area contributed by atoms with Gasteiger partial charge in [0.15, 0.2) is 0 Å². The van der Waals surface area contributed by atoms with Gasteiger partial charge in [0, 0.05) is 0 Å². The van der Waals surface area contributed by atoms with Crippen LogP contribution in [-0.4, -0.2) is 17.1 Å². The van der Waals surface area contributed by atoms with E-state index in [2.05, 4.69) is 18.8 Å². The zero-order valence-electron chi connectivity index (χ0n) is 10.9. The number of aromatic nitrogens is 1. The van der Waals surface area contributed by atoms with Gasteiger partial charge in [-0.05, 0) is 43.2 Å². The van der Waals surface area contributed by atoms with Crippen molar-refractivity contribution in [1.29, 1.82) is 0 Å². The topological polar surface area (TPSA) is 65.2 Å². The summed E-state index contributed by atoms with van der Waals surface area (Å²) in [6.45, 7) is 4.47. The Hall–Kier alpha value is -1.58. The van der Waals surface area contributed by atoms with Crippen molar-refractivity contribution in [2.75, 3.05) is 5.73 Å². The van der Waals surface area contributed by atoms with Gasteiger partial charge in [-0.3, -0.25) is 0 Å². The normalized spacial score (nSPS) is 27.8. The predicted octanol–water partition coefficient (Wildman–Crippen LogP) is 2.65. The molecule has 1 aliphatic rings. The molecule has 2 rings (SSSR count). The number of nitrogens with two attached hydrogens (primary N) is 1. The van der Waals surface area contributed by atoms with E-state index in [9.17, 15) is 4.79 Å². The lowest BCUT2D eigenvalue weighted by Crippen LogP contribution is -2.28. The van der Waals surface area contributed by atoms with E-state index < -0.39 is 0 Å². The molecule has 98 valence electrons. The smallest absolute Gasteiger partial charge is 0.357 e. The summed E-state index contributed by atoms with van der Waals surface area (Å²) in [4.78, 5) is 15.9. The van der Waals surface area contributed by atoms with Gasteiger partial charge in [0.05, 0.1) is 11.9 Å². The van der Waals surface area contributed by atoms with Gasteiger partial charge >= 0.3 is 5.97 Å². The fourth-order valence-electron chi connectivity index (χ4n) is 2.34. The van der Waals surface area contributed by atoms with Gasteiger partial charge in [-0.1, -0.05) is 13.8 Å². The number of nitrogen functional groups attached to an aromatic ring is 1. The summed E-state index contributed by atoms with van der Waals surface area (Å²) in [6, 6.07) is 3.27. The summed E-state index contributed by atoms with van der Waals surface area (Å²) in [5.41, 5.74) is 6.41. The second kappa shape index (κ2) is 5.38. The van der Waals surface area contributed by atoms with E-state index >= 15 is 0 Å². The largest absolute Gasteiger partial charge is 0.458 e. The van der Waals surface area contributed by atoms with Crippen LogP contribution in [0, 0.1) is 11.8 Å². The average Bonchev–Trinajstić information content (AvgIpc) is 2.34. The molecule has 0 amide bonds. The van der Waals surface area contributed by atoms with Crippen LogP contribution in [0.15, 0.2) is 18.3 Å². The molecule has 0 saturated heterocycles. The average molecular weight is 248 g/mol. The fourth-order valence-corrected chi connectivity index (χ4v) is 2.34. The first-order valence-corrected chi connectivity index (χ1v) is 6.48. The van der Waals surface area contributed by atoms with Crippen LogP contribution in [-0.2, 0) is 4.74 Å². The number of rotatable bonds is 2. The molecular formula is C14H20N2O2. The van der Waals surface area contributed by atoms with Crippen LogP contribution in [0.2, 0.25) is 0 Å². The third-order valence-corrected chi connectivity index (χ3v) is 3.82.